The van der Waals surface area contributed by atoms with Crippen LogP contribution < -0.4 is 0 Å². The molecule has 0 bridgehead atoms. The highest BCUT2D eigenvalue weighted by Gasteiger charge is 2.22. The molecule has 128 valence electrons. The monoisotopic (exact) mass is 353 g/mol. The van der Waals surface area contributed by atoms with Gasteiger partial charge in [0.05, 0.1) is 0 Å². The Morgan fingerprint density at radius 1 is 1.32 bits per heavy atom. The average Bonchev–Trinajstić information content (AvgIpc) is 3.23. The molecule has 0 fully saturated rings. The molecule has 4 nitrogen and oxygen atoms in total. The van der Waals surface area contributed by atoms with Crippen LogP contribution in [0.4, 0.5) is 0 Å². The molecule has 5 heteroatoms. The van der Waals surface area contributed by atoms with Gasteiger partial charge in [0.25, 0.3) is 0 Å². The van der Waals surface area contributed by atoms with Gasteiger partial charge in [-0.05, 0) is 42.9 Å². The van der Waals surface area contributed by atoms with E-state index in [2.05, 4.69) is 11.9 Å². The number of thiophene rings is 1. The lowest BCUT2D eigenvalue weighted by molar-refractivity contribution is 0.0480. The Bertz CT molecular complexity index is 953. The maximum absolute atomic E-state index is 12.4. The summed E-state index contributed by atoms with van der Waals surface area (Å²) in [5.41, 5.74) is 2.72. The summed E-state index contributed by atoms with van der Waals surface area (Å²) in [6.45, 7) is 2.00. The number of benzene rings is 1. The number of ether oxygens (including phenoxy) is 1. The summed E-state index contributed by atoms with van der Waals surface area (Å²) in [4.78, 5) is 29.7. The molecule has 0 saturated heterocycles. The Balaban J connectivity index is 1.44. The average molecular weight is 353 g/mol. The molecule has 1 aromatic carbocycles. The van der Waals surface area contributed by atoms with Crippen LogP contribution in [0.5, 0.6) is 0 Å². The van der Waals surface area contributed by atoms with Gasteiger partial charge in [-0.15, -0.1) is 11.3 Å². The first-order chi connectivity index (χ1) is 12.1. The second-order valence-corrected chi connectivity index (χ2v) is 7.79. The second kappa shape index (κ2) is 6.48. The molecule has 3 aromatic rings. The van der Waals surface area contributed by atoms with Crippen LogP contribution >= 0.6 is 11.3 Å². The molecule has 1 N–H and O–H groups in total. The van der Waals surface area contributed by atoms with Gasteiger partial charge in [-0.3, -0.25) is 4.79 Å². The number of rotatable bonds is 4. The number of hydrogen-bond donors (Lipinski definition) is 1. The highest BCUT2D eigenvalue weighted by atomic mass is 32.1. The lowest BCUT2D eigenvalue weighted by Crippen LogP contribution is -2.13. The van der Waals surface area contributed by atoms with Gasteiger partial charge in [-0.25, -0.2) is 4.79 Å². The fourth-order valence-corrected chi connectivity index (χ4v) is 4.49. The third-order valence-corrected chi connectivity index (χ3v) is 5.97. The molecule has 4 rings (SSSR count). The Morgan fingerprint density at radius 3 is 3.04 bits per heavy atom. The van der Waals surface area contributed by atoms with Crippen LogP contribution in [-0.4, -0.2) is 23.3 Å². The van der Waals surface area contributed by atoms with Gasteiger partial charge in [0, 0.05) is 27.5 Å². The smallest absolute Gasteiger partial charge is 0.348 e. The molecule has 2 heterocycles. The van der Waals surface area contributed by atoms with Crippen LogP contribution in [0.3, 0.4) is 0 Å². The number of carbonyl (C=O) groups excluding carboxylic acids is 2. The molecule has 0 amide bonds. The van der Waals surface area contributed by atoms with Crippen molar-refractivity contribution in [3.05, 3.63) is 57.4 Å². The van der Waals surface area contributed by atoms with Crippen molar-refractivity contribution in [3.8, 4) is 0 Å². The Labute approximate surface area is 149 Å². The summed E-state index contributed by atoms with van der Waals surface area (Å²) < 4.78 is 5.28. The number of para-hydroxylation sites is 1. The van der Waals surface area contributed by atoms with E-state index in [0.717, 1.165) is 23.7 Å². The quantitative estimate of drug-likeness (QED) is 0.559. The van der Waals surface area contributed by atoms with Crippen molar-refractivity contribution in [3.63, 3.8) is 0 Å². The minimum Gasteiger partial charge on any atom is -0.453 e. The van der Waals surface area contributed by atoms with Crippen molar-refractivity contribution in [1.82, 2.24) is 4.98 Å². The number of Topliss-reactive ketones (excluding diaryl/α,β-unsaturated/α-hetero) is 1. The summed E-state index contributed by atoms with van der Waals surface area (Å²) in [6, 6.07) is 9.53. The highest BCUT2D eigenvalue weighted by Crippen LogP contribution is 2.32. The number of nitrogens with one attached hydrogen (secondary N) is 1. The molecular formula is C20H19NO3S. The van der Waals surface area contributed by atoms with E-state index in [0.29, 0.717) is 16.4 Å². The van der Waals surface area contributed by atoms with Crippen molar-refractivity contribution < 1.29 is 14.3 Å². The standard InChI is InChI=1S/C20H19NO3S/c1-12-6-7-18-13(8-12)9-19(25-18)20(23)24-11-17(22)15-10-21-16-5-3-2-4-14(15)16/h2-5,9-10,12,21H,6-8,11H2,1H3/t12-/m1/s1. The molecule has 25 heavy (non-hydrogen) atoms. The minimum atomic E-state index is -0.403. The number of aromatic amines is 1. The predicted molar refractivity (Wildman–Crippen MR) is 98.4 cm³/mol. The molecule has 0 aliphatic heterocycles. The normalized spacial score (nSPS) is 16.6. The van der Waals surface area contributed by atoms with E-state index in [9.17, 15) is 9.59 Å². The number of ketones is 1. The summed E-state index contributed by atoms with van der Waals surface area (Å²) in [6.07, 6.45) is 4.89. The lowest BCUT2D eigenvalue weighted by atomic mass is 9.90. The van der Waals surface area contributed by atoms with Crippen LogP contribution in [0.2, 0.25) is 0 Å². The van der Waals surface area contributed by atoms with Gasteiger partial charge < -0.3 is 9.72 Å². The lowest BCUT2D eigenvalue weighted by Gasteiger charge is -2.16. The van der Waals surface area contributed by atoms with E-state index in [1.807, 2.05) is 30.3 Å². The first-order valence-corrected chi connectivity index (χ1v) is 9.31. The summed E-state index contributed by atoms with van der Waals surface area (Å²) in [5.74, 6) is 0.0652. The third kappa shape index (κ3) is 3.12. The first kappa shape index (κ1) is 16.1. The fraction of sp³-hybridized carbons (Fsp3) is 0.300. The number of fused-ring (bicyclic) bond motifs is 2. The van der Waals surface area contributed by atoms with Crippen molar-refractivity contribution in [2.24, 2.45) is 5.92 Å². The predicted octanol–water partition coefficient (Wildman–Crippen LogP) is 4.39. The zero-order chi connectivity index (χ0) is 17.4. The van der Waals surface area contributed by atoms with Crippen LogP contribution in [0.1, 0.15) is 43.8 Å². The van der Waals surface area contributed by atoms with Gasteiger partial charge in [-0.1, -0.05) is 25.1 Å². The number of H-pyrrole nitrogens is 1. The van der Waals surface area contributed by atoms with Crippen LogP contribution in [0, 0.1) is 5.92 Å². The van der Waals surface area contributed by atoms with E-state index in [4.69, 9.17) is 4.74 Å². The molecule has 0 spiro atoms. The van der Waals surface area contributed by atoms with Gasteiger partial charge in [-0.2, -0.15) is 0 Å². The van der Waals surface area contributed by atoms with Crippen molar-refractivity contribution in [2.45, 2.75) is 26.2 Å². The van der Waals surface area contributed by atoms with E-state index in [1.165, 1.54) is 28.2 Å². The van der Waals surface area contributed by atoms with Crippen molar-refractivity contribution in [1.29, 1.82) is 0 Å². The van der Waals surface area contributed by atoms with Gasteiger partial charge in [0.15, 0.2) is 6.61 Å². The SMILES string of the molecule is C[C@@H]1CCc2sc(C(=O)OCC(=O)c3c[nH]c4ccccc34)cc2C1. The maximum Gasteiger partial charge on any atom is 0.348 e. The van der Waals surface area contributed by atoms with Crippen LogP contribution in [0.25, 0.3) is 10.9 Å². The van der Waals surface area contributed by atoms with Crippen LogP contribution in [-0.2, 0) is 17.6 Å². The van der Waals surface area contributed by atoms with Crippen LogP contribution in [0.15, 0.2) is 36.5 Å². The maximum atomic E-state index is 12.4. The molecular weight excluding hydrogens is 334 g/mol. The van der Waals surface area contributed by atoms with E-state index in [-0.39, 0.29) is 12.4 Å². The number of esters is 1. The fourth-order valence-electron chi connectivity index (χ4n) is 3.39. The zero-order valence-corrected chi connectivity index (χ0v) is 14.8. The molecule has 2 aromatic heterocycles. The summed E-state index contributed by atoms with van der Waals surface area (Å²) >= 11 is 1.51. The number of aromatic nitrogens is 1. The zero-order valence-electron chi connectivity index (χ0n) is 14.0. The van der Waals surface area contributed by atoms with Gasteiger partial charge in [0.1, 0.15) is 4.88 Å². The molecule has 0 saturated carbocycles. The Morgan fingerprint density at radius 2 is 2.16 bits per heavy atom. The molecule has 1 aliphatic carbocycles. The summed E-state index contributed by atoms with van der Waals surface area (Å²) in [7, 11) is 0. The topological polar surface area (TPSA) is 59.2 Å². The first-order valence-electron chi connectivity index (χ1n) is 8.50. The second-order valence-electron chi connectivity index (χ2n) is 6.65. The molecule has 0 unspecified atom stereocenters. The molecule has 1 atom stereocenters. The number of hydrogen-bond acceptors (Lipinski definition) is 4. The third-order valence-electron chi connectivity index (χ3n) is 4.75. The number of carbonyl (C=O) groups is 2. The summed E-state index contributed by atoms with van der Waals surface area (Å²) in [5, 5.41) is 0.851. The highest BCUT2D eigenvalue weighted by molar-refractivity contribution is 7.14. The van der Waals surface area contributed by atoms with E-state index >= 15 is 0 Å². The molecule has 0 radical (unpaired) electrons. The van der Waals surface area contributed by atoms with E-state index in [1.54, 1.807) is 6.20 Å². The van der Waals surface area contributed by atoms with Gasteiger partial charge >= 0.3 is 5.97 Å². The van der Waals surface area contributed by atoms with Crippen molar-refractivity contribution >= 4 is 34.0 Å². The Hall–Kier alpha value is -2.40. The molecule has 1 aliphatic rings. The largest absolute Gasteiger partial charge is 0.453 e. The van der Waals surface area contributed by atoms with Crippen molar-refractivity contribution in [2.75, 3.05) is 6.61 Å². The number of aryl methyl sites for hydroxylation is 1. The Kier molecular flexibility index (Phi) is 4.17. The minimum absolute atomic E-state index is 0.194. The van der Waals surface area contributed by atoms with E-state index < -0.39 is 5.97 Å². The van der Waals surface area contributed by atoms with Gasteiger partial charge in [0.2, 0.25) is 5.78 Å².